The second kappa shape index (κ2) is 8.81. The van der Waals surface area contributed by atoms with E-state index in [4.69, 9.17) is 10.5 Å². The van der Waals surface area contributed by atoms with Crippen LogP contribution in [0.5, 0.6) is 5.75 Å². The zero-order chi connectivity index (χ0) is 14.1. The van der Waals surface area contributed by atoms with Crippen molar-refractivity contribution >= 4 is 5.69 Å². The van der Waals surface area contributed by atoms with Gasteiger partial charge in [-0.05, 0) is 43.9 Å². The second-order valence-electron chi connectivity index (χ2n) is 5.09. The highest BCUT2D eigenvalue weighted by Crippen LogP contribution is 2.27. The van der Waals surface area contributed by atoms with Gasteiger partial charge in [0.25, 0.3) is 0 Å². The van der Waals surface area contributed by atoms with Crippen molar-refractivity contribution in [3.05, 3.63) is 24.3 Å². The van der Waals surface area contributed by atoms with E-state index in [2.05, 4.69) is 31.0 Å². The fraction of sp³-hybridized carbons (Fsp3) is 0.625. The molecule has 1 aromatic rings. The number of hydrogen-bond donors (Lipinski definition) is 1. The van der Waals surface area contributed by atoms with Gasteiger partial charge in [-0.15, -0.1) is 0 Å². The fourth-order valence-electron chi connectivity index (χ4n) is 2.47. The smallest absolute Gasteiger partial charge is 0.142 e. The first-order chi connectivity index (χ1) is 9.22. The van der Waals surface area contributed by atoms with E-state index in [1.165, 1.54) is 19.3 Å². The van der Waals surface area contributed by atoms with Crippen LogP contribution in [-0.2, 0) is 0 Å². The predicted molar refractivity (Wildman–Crippen MR) is 83.0 cm³/mol. The quantitative estimate of drug-likeness (QED) is 0.744. The van der Waals surface area contributed by atoms with E-state index in [1.807, 2.05) is 12.1 Å². The number of nitrogens with zero attached hydrogens (tertiary/aromatic N) is 1. The Morgan fingerprint density at radius 1 is 1.26 bits per heavy atom. The second-order valence-corrected chi connectivity index (χ2v) is 5.09. The first-order valence-electron chi connectivity index (χ1n) is 7.27. The van der Waals surface area contributed by atoms with Crippen molar-refractivity contribution in [2.45, 2.75) is 32.6 Å². The maximum absolute atomic E-state index is 5.64. The lowest BCUT2D eigenvalue weighted by molar-refractivity contribution is 0.412. The SMILES string of the molecule is CCC(CCN)CCCN(C)c1ccccc1OC. The lowest BCUT2D eigenvalue weighted by Gasteiger charge is -2.22. The Morgan fingerprint density at radius 3 is 2.63 bits per heavy atom. The molecule has 0 aliphatic carbocycles. The summed E-state index contributed by atoms with van der Waals surface area (Å²) in [7, 11) is 3.85. The van der Waals surface area contributed by atoms with Crippen molar-refractivity contribution in [1.29, 1.82) is 0 Å². The minimum absolute atomic E-state index is 0.774. The third kappa shape index (κ3) is 5.11. The molecule has 1 atom stereocenters. The summed E-state index contributed by atoms with van der Waals surface area (Å²) in [5.41, 5.74) is 6.80. The molecule has 0 bridgehead atoms. The molecular formula is C16H28N2O. The van der Waals surface area contributed by atoms with Gasteiger partial charge in [-0.1, -0.05) is 25.5 Å². The van der Waals surface area contributed by atoms with Crippen LogP contribution in [0.2, 0.25) is 0 Å². The van der Waals surface area contributed by atoms with Crippen LogP contribution in [-0.4, -0.2) is 27.2 Å². The molecule has 0 spiro atoms. The van der Waals surface area contributed by atoms with Crippen molar-refractivity contribution < 1.29 is 4.74 Å². The molecule has 0 saturated carbocycles. The maximum Gasteiger partial charge on any atom is 0.142 e. The van der Waals surface area contributed by atoms with Crippen LogP contribution in [0, 0.1) is 5.92 Å². The molecule has 19 heavy (non-hydrogen) atoms. The van der Waals surface area contributed by atoms with Gasteiger partial charge in [0, 0.05) is 13.6 Å². The third-order valence-corrected chi connectivity index (χ3v) is 3.75. The molecule has 1 unspecified atom stereocenters. The highest BCUT2D eigenvalue weighted by molar-refractivity contribution is 5.57. The maximum atomic E-state index is 5.64. The Labute approximate surface area is 117 Å². The molecule has 3 nitrogen and oxygen atoms in total. The van der Waals surface area contributed by atoms with E-state index in [9.17, 15) is 0 Å². The van der Waals surface area contributed by atoms with Gasteiger partial charge < -0.3 is 15.4 Å². The monoisotopic (exact) mass is 264 g/mol. The predicted octanol–water partition coefficient (Wildman–Crippen LogP) is 3.29. The van der Waals surface area contributed by atoms with Gasteiger partial charge in [-0.25, -0.2) is 0 Å². The van der Waals surface area contributed by atoms with Gasteiger partial charge in [0.2, 0.25) is 0 Å². The van der Waals surface area contributed by atoms with E-state index in [1.54, 1.807) is 7.11 Å². The van der Waals surface area contributed by atoms with Crippen LogP contribution in [0.25, 0.3) is 0 Å². The summed E-state index contributed by atoms with van der Waals surface area (Å²) in [6, 6.07) is 8.17. The average molecular weight is 264 g/mol. The number of methoxy groups -OCH3 is 1. The van der Waals surface area contributed by atoms with E-state index in [0.29, 0.717) is 0 Å². The number of benzene rings is 1. The Kier molecular flexibility index (Phi) is 7.34. The summed E-state index contributed by atoms with van der Waals surface area (Å²) in [5.74, 6) is 1.72. The lowest BCUT2D eigenvalue weighted by Crippen LogP contribution is -2.20. The summed E-state index contributed by atoms with van der Waals surface area (Å²) >= 11 is 0. The Morgan fingerprint density at radius 2 is 2.00 bits per heavy atom. The number of para-hydroxylation sites is 2. The van der Waals surface area contributed by atoms with Gasteiger partial charge in [-0.3, -0.25) is 0 Å². The molecule has 0 aromatic heterocycles. The largest absolute Gasteiger partial charge is 0.495 e. The van der Waals surface area contributed by atoms with E-state index in [-0.39, 0.29) is 0 Å². The van der Waals surface area contributed by atoms with Gasteiger partial charge >= 0.3 is 0 Å². The normalized spacial score (nSPS) is 12.2. The molecule has 0 radical (unpaired) electrons. The van der Waals surface area contributed by atoms with Gasteiger partial charge in [-0.2, -0.15) is 0 Å². The molecule has 0 aliphatic heterocycles. The van der Waals surface area contributed by atoms with Crippen LogP contribution in [0.15, 0.2) is 24.3 Å². The van der Waals surface area contributed by atoms with Gasteiger partial charge in [0.15, 0.2) is 0 Å². The molecule has 1 rings (SSSR count). The minimum atomic E-state index is 0.774. The summed E-state index contributed by atoms with van der Waals surface area (Å²) in [6.45, 7) is 4.12. The van der Waals surface area contributed by atoms with Crippen LogP contribution >= 0.6 is 0 Å². The molecule has 1 aromatic carbocycles. The number of hydrogen-bond acceptors (Lipinski definition) is 3. The molecule has 0 amide bonds. The van der Waals surface area contributed by atoms with Crippen LogP contribution in [0.4, 0.5) is 5.69 Å². The molecule has 3 heteroatoms. The van der Waals surface area contributed by atoms with Crippen LogP contribution in [0.3, 0.4) is 0 Å². The summed E-state index contributed by atoms with van der Waals surface area (Å²) in [4.78, 5) is 2.27. The summed E-state index contributed by atoms with van der Waals surface area (Å²) in [5, 5.41) is 0. The van der Waals surface area contributed by atoms with E-state index < -0.39 is 0 Å². The molecule has 2 N–H and O–H groups in total. The zero-order valence-corrected chi connectivity index (χ0v) is 12.6. The number of rotatable bonds is 9. The third-order valence-electron chi connectivity index (χ3n) is 3.75. The van der Waals surface area contributed by atoms with Gasteiger partial charge in [0.05, 0.1) is 12.8 Å². The van der Waals surface area contributed by atoms with E-state index >= 15 is 0 Å². The molecule has 0 aliphatic rings. The fourth-order valence-corrected chi connectivity index (χ4v) is 2.47. The molecule has 108 valence electrons. The van der Waals surface area contributed by atoms with Crippen molar-refractivity contribution in [3.63, 3.8) is 0 Å². The highest BCUT2D eigenvalue weighted by atomic mass is 16.5. The van der Waals surface area contributed by atoms with Crippen LogP contribution in [0.1, 0.15) is 32.6 Å². The average Bonchev–Trinajstić information content (AvgIpc) is 2.46. The Bertz CT molecular complexity index is 354. The van der Waals surface area contributed by atoms with E-state index in [0.717, 1.165) is 36.9 Å². The number of anilines is 1. The number of nitrogens with two attached hydrogens (primary N) is 1. The Balaban J connectivity index is 2.44. The lowest BCUT2D eigenvalue weighted by atomic mass is 9.96. The van der Waals surface area contributed by atoms with Crippen molar-refractivity contribution in [3.8, 4) is 5.75 Å². The zero-order valence-electron chi connectivity index (χ0n) is 12.6. The molecule has 0 fully saturated rings. The molecule has 0 saturated heterocycles. The van der Waals surface area contributed by atoms with Crippen molar-refractivity contribution in [2.24, 2.45) is 11.7 Å². The topological polar surface area (TPSA) is 38.5 Å². The summed E-state index contributed by atoms with van der Waals surface area (Å²) in [6.07, 6.45) is 4.84. The highest BCUT2D eigenvalue weighted by Gasteiger charge is 2.09. The van der Waals surface area contributed by atoms with Crippen molar-refractivity contribution in [2.75, 3.05) is 32.1 Å². The first kappa shape index (κ1) is 15.8. The molecule has 0 heterocycles. The summed E-state index contributed by atoms with van der Waals surface area (Å²) < 4.78 is 5.40. The van der Waals surface area contributed by atoms with Gasteiger partial charge in [0.1, 0.15) is 5.75 Å². The van der Waals surface area contributed by atoms with Crippen LogP contribution < -0.4 is 15.4 Å². The standard InChI is InChI=1S/C16H28N2O/c1-4-14(11-12-17)8-7-13-18(2)15-9-5-6-10-16(15)19-3/h5-6,9-10,14H,4,7-8,11-13,17H2,1-3H3. The number of ether oxygens (including phenoxy) is 1. The minimum Gasteiger partial charge on any atom is -0.495 e. The Hall–Kier alpha value is -1.22. The molecular weight excluding hydrogens is 236 g/mol. The first-order valence-corrected chi connectivity index (χ1v) is 7.27. The van der Waals surface area contributed by atoms with Crippen molar-refractivity contribution in [1.82, 2.24) is 0 Å².